The van der Waals surface area contributed by atoms with Crippen molar-refractivity contribution in [3.05, 3.63) is 64.2 Å². The van der Waals surface area contributed by atoms with Crippen LogP contribution in [0.2, 0.25) is 5.02 Å². The monoisotopic (exact) mass is 305 g/mol. The lowest BCUT2D eigenvalue weighted by Crippen LogP contribution is -2.11. The first kappa shape index (κ1) is 15.4. The smallest absolute Gasteiger partial charge is 0.0449 e. The lowest BCUT2D eigenvalue weighted by molar-refractivity contribution is 0.651. The van der Waals surface area contributed by atoms with Crippen molar-refractivity contribution in [2.75, 3.05) is 7.05 Å². The van der Waals surface area contributed by atoms with Gasteiger partial charge >= 0.3 is 0 Å². The molecule has 0 radical (unpaired) electrons. The highest BCUT2D eigenvalue weighted by atomic mass is 35.5. The molecule has 1 nitrogen and oxygen atoms in total. The van der Waals surface area contributed by atoms with Gasteiger partial charge in [-0.25, -0.2) is 0 Å². The first-order valence-corrected chi connectivity index (χ1v) is 8.11. The molecule has 2 aromatic carbocycles. The molecule has 1 atom stereocenters. The van der Waals surface area contributed by atoms with Crippen molar-refractivity contribution in [1.82, 2.24) is 5.32 Å². The van der Waals surface area contributed by atoms with Crippen molar-refractivity contribution in [2.45, 2.75) is 30.5 Å². The average molecular weight is 306 g/mol. The second kappa shape index (κ2) is 7.16. The van der Waals surface area contributed by atoms with Crippen LogP contribution in [0.25, 0.3) is 0 Å². The highest BCUT2D eigenvalue weighted by molar-refractivity contribution is 7.98. The van der Waals surface area contributed by atoms with Crippen molar-refractivity contribution in [1.29, 1.82) is 0 Å². The summed E-state index contributed by atoms with van der Waals surface area (Å²) in [7, 11) is 1.98. The molecule has 106 valence electrons. The summed E-state index contributed by atoms with van der Waals surface area (Å²) in [4.78, 5) is 1.28. The van der Waals surface area contributed by atoms with Gasteiger partial charge in [-0.05, 0) is 55.8 Å². The molecule has 0 amide bonds. The summed E-state index contributed by atoms with van der Waals surface area (Å²) in [6.07, 6.45) is 0. The molecule has 1 N–H and O–H groups in total. The van der Waals surface area contributed by atoms with E-state index in [9.17, 15) is 0 Å². The third-order valence-electron chi connectivity index (χ3n) is 3.39. The number of benzene rings is 2. The molecule has 0 spiro atoms. The van der Waals surface area contributed by atoms with E-state index in [4.69, 9.17) is 11.6 Å². The van der Waals surface area contributed by atoms with E-state index in [1.165, 1.54) is 21.6 Å². The van der Waals surface area contributed by atoms with Crippen molar-refractivity contribution in [2.24, 2.45) is 0 Å². The van der Waals surface area contributed by atoms with Crippen LogP contribution in [0.4, 0.5) is 0 Å². The Bertz CT molecular complexity index is 583. The second-order valence-corrected chi connectivity index (χ2v) is 6.42. The first-order chi connectivity index (χ1) is 9.60. The largest absolute Gasteiger partial charge is 0.313 e. The van der Waals surface area contributed by atoms with Crippen molar-refractivity contribution in [3.63, 3.8) is 0 Å². The van der Waals surface area contributed by atoms with E-state index >= 15 is 0 Å². The Morgan fingerprint density at radius 3 is 2.70 bits per heavy atom. The quantitative estimate of drug-likeness (QED) is 0.760. The van der Waals surface area contributed by atoms with E-state index in [-0.39, 0.29) is 0 Å². The minimum Gasteiger partial charge on any atom is -0.313 e. The van der Waals surface area contributed by atoms with Crippen LogP contribution in [0, 0.1) is 6.92 Å². The van der Waals surface area contributed by atoms with Gasteiger partial charge in [0, 0.05) is 21.7 Å². The topological polar surface area (TPSA) is 12.0 Å². The van der Waals surface area contributed by atoms with Crippen LogP contribution in [0.15, 0.2) is 47.4 Å². The van der Waals surface area contributed by atoms with Gasteiger partial charge < -0.3 is 5.32 Å². The van der Waals surface area contributed by atoms with Crippen LogP contribution in [-0.2, 0) is 5.75 Å². The van der Waals surface area contributed by atoms with Gasteiger partial charge in [-0.15, -0.1) is 11.8 Å². The number of thioether (sulfide) groups is 1. The predicted octanol–water partition coefficient (Wildman–Crippen LogP) is 5.22. The summed E-state index contributed by atoms with van der Waals surface area (Å²) >= 11 is 8.10. The Balaban J connectivity index is 2.07. The Labute approximate surface area is 130 Å². The van der Waals surface area contributed by atoms with E-state index in [2.05, 4.69) is 55.6 Å². The highest BCUT2D eigenvalue weighted by Gasteiger charge is 2.05. The summed E-state index contributed by atoms with van der Waals surface area (Å²) in [5, 5.41) is 4.13. The fraction of sp³-hybridized carbons (Fsp3) is 0.294. The molecule has 0 saturated heterocycles. The average Bonchev–Trinajstić information content (AvgIpc) is 2.46. The van der Waals surface area contributed by atoms with Gasteiger partial charge in [0.25, 0.3) is 0 Å². The molecule has 0 aromatic heterocycles. The molecular weight excluding hydrogens is 286 g/mol. The lowest BCUT2D eigenvalue weighted by atomic mass is 10.1. The zero-order chi connectivity index (χ0) is 14.5. The molecule has 1 unspecified atom stereocenters. The summed E-state index contributed by atoms with van der Waals surface area (Å²) in [5.41, 5.74) is 3.70. The van der Waals surface area contributed by atoms with Gasteiger partial charge in [-0.3, -0.25) is 0 Å². The molecule has 0 fully saturated rings. The molecule has 0 saturated carbocycles. The number of rotatable bonds is 5. The van der Waals surface area contributed by atoms with Gasteiger partial charge in [0.15, 0.2) is 0 Å². The van der Waals surface area contributed by atoms with E-state index < -0.39 is 0 Å². The summed E-state index contributed by atoms with van der Waals surface area (Å²) in [6.45, 7) is 4.23. The van der Waals surface area contributed by atoms with Crippen LogP contribution in [-0.4, -0.2) is 7.05 Å². The maximum Gasteiger partial charge on any atom is 0.0449 e. The van der Waals surface area contributed by atoms with Crippen LogP contribution in [0.5, 0.6) is 0 Å². The molecule has 2 rings (SSSR count). The number of nitrogens with one attached hydrogen (secondary N) is 1. The molecule has 0 aliphatic rings. The summed E-state index contributed by atoms with van der Waals surface area (Å²) < 4.78 is 0. The van der Waals surface area contributed by atoms with Crippen molar-refractivity contribution >= 4 is 23.4 Å². The van der Waals surface area contributed by atoms with Crippen molar-refractivity contribution in [3.8, 4) is 0 Å². The second-order valence-electron chi connectivity index (χ2n) is 4.97. The number of hydrogen-bond acceptors (Lipinski definition) is 2. The fourth-order valence-corrected chi connectivity index (χ4v) is 3.32. The fourth-order valence-electron chi connectivity index (χ4n) is 1.97. The standard InChI is InChI=1S/C17H20ClNS/c1-12-7-8-15(17(18)9-12)11-20-16-6-4-5-14(10-16)13(2)19-3/h4-10,13,19H,11H2,1-3H3. The Hall–Kier alpha value is -0.960. The zero-order valence-electron chi connectivity index (χ0n) is 12.1. The first-order valence-electron chi connectivity index (χ1n) is 6.75. The highest BCUT2D eigenvalue weighted by Crippen LogP contribution is 2.28. The van der Waals surface area contributed by atoms with Gasteiger partial charge in [-0.2, -0.15) is 0 Å². The molecule has 3 heteroatoms. The summed E-state index contributed by atoms with van der Waals surface area (Å²) in [5.74, 6) is 0.899. The van der Waals surface area contributed by atoms with Gasteiger partial charge in [-0.1, -0.05) is 35.9 Å². The molecule has 0 heterocycles. The van der Waals surface area contributed by atoms with Crippen LogP contribution in [0.3, 0.4) is 0 Å². The van der Waals surface area contributed by atoms with E-state index in [0.717, 1.165) is 10.8 Å². The summed E-state index contributed by atoms with van der Waals surface area (Å²) in [6, 6.07) is 15.3. The molecule has 0 aliphatic carbocycles. The maximum atomic E-state index is 6.28. The predicted molar refractivity (Wildman–Crippen MR) is 89.7 cm³/mol. The minimum atomic E-state index is 0.374. The van der Waals surface area contributed by atoms with E-state index in [1.807, 2.05) is 24.9 Å². The third kappa shape index (κ3) is 4.02. The Morgan fingerprint density at radius 2 is 2.00 bits per heavy atom. The van der Waals surface area contributed by atoms with E-state index in [1.54, 1.807) is 0 Å². The maximum absolute atomic E-state index is 6.28. The molecule has 0 bridgehead atoms. The molecule has 2 aromatic rings. The third-order valence-corrected chi connectivity index (χ3v) is 4.79. The van der Waals surface area contributed by atoms with Crippen molar-refractivity contribution < 1.29 is 0 Å². The number of halogens is 1. The number of hydrogen-bond donors (Lipinski definition) is 1. The van der Waals surface area contributed by atoms with E-state index in [0.29, 0.717) is 6.04 Å². The SMILES string of the molecule is CNC(C)c1cccc(SCc2ccc(C)cc2Cl)c1. The lowest BCUT2D eigenvalue weighted by Gasteiger charge is -2.12. The minimum absolute atomic E-state index is 0.374. The normalized spacial score (nSPS) is 12.4. The van der Waals surface area contributed by atoms with Gasteiger partial charge in [0.1, 0.15) is 0 Å². The van der Waals surface area contributed by atoms with Gasteiger partial charge in [0.2, 0.25) is 0 Å². The molecular formula is C17H20ClNS. The Kier molecular flexibility index (Phi) is 5.53. The molecule has 0 aliphatic heterocycles. The van der Waals surface area contributed by atoms with Crippen LogP contribution < -0.4 is 5.32 Å². The van der Waals surface area contributed by atoms with Crippen LogP contribution in [0.1, 0.15) is 29.7 Å². The Morgan fingerprint density at radius 1 is 1.20 bits per heavy atom. The van der Waals surface area contributed by atoms with Gasteiger partial charge in [0.05, 0.1) is 0 Å². The molecule has 20 heavy (non-hydrogen) atoms. The number of aryl methyl sites for hydroxylation is 1. The zero-order valence-corrected chi connectivity index (χ0v) is 13.7. The van der Waals surface area contributed by atoms with Crippen LogP contribution >= 0.6 is 23.4 Å².